The van der Waals surface area contributed by atoms with Gasteiger partial charge in [0.05, 0.1) is 12.7 Å². The first-order valence-corrected chi connectivity index (χ1v) is 7.30. The fourth-order valence-corrected chi connectivity index (χ4v) is 2.43. The van der Waals surface area contributed by atoms with Crippen LogP contribution in [0.15, 0.2) is 54.1 Å². The fraction of sp³-hybridized carbons (Fsp3) is 0.105. The molecule has 0 saturated heterocycles. The molecule has 1 aliphatic carbocycles. The summed E-state index contributed by atoms with van der Waals surface area (Å²) in [6.07, 6.45) is 1.56. The molecule has 0 aliphatic heterocycles. The Morgan fingerprint density at radius 1 is 0.958 bits per heavy atom. The minimum atomic E-state index is -0.471. The quantitative estimate of drug-likeness (QED) is 0.492. The van der Waals surface area contributed by atoms with Crippen molar-refractivity contribution < 1.29 is 23.9 Å². The third kappa shape index (κ3) is 2.96. The van der Waals surface area contributed by atoms with Gasteiger partial charge in [-0.25, -0.2) is 4.79 Å². The second-order valence-electron chi connectivity index (χ2n) is 5.20. The molecule has 0 unspecified atom stereocenters. The number of benzene rings is 2. The number of carbonyl (C=O) groups is 3. The SMILES string of the molecule is COC(=O)COc1ccc(C=C2C(=O)c3ccccc3C2=O)cc1. The molecular weight excluding hydrogens is 308 g/mol. The zero-order valence-electron chi connectivity index (χ0n) is 12.9. The molecule has 0 fully saturated rings. The van der Waals surface area contributed by atoms with Gasteiger partial charge in [-0.1, -0.05) is 36.4 Å². The van der Waals surface area contributed by atoms with Gasteiger partial charge in [-0.15, -0.1) is 0 Å². The summed E-state index contributed by atoms with van der Waals surface area (Å²) in [6.45, 7) is -0.177. The average Bonchev–Trinajstić information content (AvgIpc) is 2.86. The van der Waals surface area contributed by atoms with Crippen LogP contribution < -0.4 is 4.74 Å². The Morgan fingerprint density at radius 2 is 1.54 bits per heavy atom. The first kappa shape index (κ1) is 15.7. The zero-order chi connectivity index (χ0) is 17.1. The van der Waals surface area contributed by atoms with Gasteiger partial charge in [0.25, 0.3) is 0 Å². The van der Waals surface area contributed by atoms with Crippen LogP contribution >= 0.6 is 0 Å². The Balaban J connectivity index is 1.79. The van der Waals surface area contributed by atoms with Crippen molar-refractivity contribution in [1.82, 2.24) is 0 Å². The van der Waals surface area contributed by atoms with Crippen molar-refractivity contribution in [3.05, 3.63) is 70.8 Å². The van der Waals surface area contributed by atoms with E-state index in [1.807, 2.05) is 0 Å². The van der Waals surface area contributed by atoms with Crippen molar-refractivity contribution >= 4 is 23.6 Å². The number of carbonyl (C=O) groups excluding carboxylic acids is 3. The van der Waals surface area contributed by atoms with E-state index in [1.54, 1.807) is 54.6 Å². The van der Waals surface area contributed by atoms with Crippen LogP contribution in [0.2, 0.25) is 0 Å². The van der Waals surface area contributed by atoms with Crippen molar-refractivity contribution in [2.45, 2.75) is 0 Å². The van der Waals surface area contributed by atoms with Gasteiger partial charge in [-0.2, -0.15) is 0 Å². The van der Waals surface area contributed by atoms with Crippen LogP contribution in [-0.2, 0) is 9.53 Å². The number of ketones is 2. The lowest BCUT2D eigenvalue weighted by molar-refractivity contribution is -0.142. The fourth-order valence-electron chi connectivity index (χ4n) is 2.43. The van der Waals surface area contributed by atoms with E-state index in [1.165, 1.54) is 7.11 Å². The Kier molecular flexibility index (Phi) is 4.24. The third-order valence-electron chi connectivity index (χ3n) is 3.68. The molecule has 1 aliphatic rings. The number of methoxy groups -OCH3 is 1. The summed E-state index contributed by atoms with van der Waals surface area (Å²) in [5.74, 6) is -0.501. The number of fused-ring (bicyclic) bond motifs is 1. The molecule has 120 valence electrons. The van der Waals surface area contributed by atoms with Crippen LogP contribution in [0.3, 0.4) is 0 Å². The summed E-state index contributed by atoms with van der Waals surface area (Å²) in [5, 5.41) is 0. The Bertz CT molecular complexity index is 809. The average molecular weight is 322 g/mol. The summed E-state index contributed by atoms with van der Waals surface area (Å²) in [4.78, 5) is 35.7. The van der Waals surface area contributed by atoms with Crippen molar-refractivity contribution in [2.75, 3.05) is 13.7 Å². The maximum atomic E-state index is 12.3. The summed E-state index contributed by atoms with van der Waals surface area (Å²) >= 11 is 0. The van der Waals surface area contributed by atoms with E-state index in [0.29, 0.717) is 22.4 Å². The molecule has 3 rings (SSSR count). The molecule has 2 aromatic carbocycles. The lowest BCUT2D eigenvalue weighted by Gasteiger charge is -2.04. The van der Waals surface area contributed by atoms with Gasteiger partial charge in [0.1, 0.15) is 5.75 Å². The van der Waals surface area contributed by atoms with E-state index >= 15 is 0 Å². The van der Waals surface area contributed by atoms with E-state index in [4.69, 9.17) is 4.74 Å². The number of hydrogen-bond acceptors (Lipinski definition) is 5. The van der Waals surface area contributed by atoms with Crippen LogP contribution in [-0.4, -0.2) is 31.3 Å². The third-order valence-corrected chi connectivity index (χ3v) is 3.68. The van der Waals surface area contributed by atoms with Gasteiger partial charge in [0.15, 0.2) is 18.2 Å². The molecule has 0 heterocycles. The van der Waals surface area contributed by atoms with Gasteiger partial charge in [0, 0.05) is 11.1 Å². The number of ether oxygens (including phenoxy) is 2. The molecule has 0 atom stereocenters. The van der Waals surface area contributed by atoms with Crippen LogP contribution in [0.5, 0.6) is 5.75 Å². The number of hydrogen-bond donors (Lipinski definition) is 0. The molecule has 5 nitrogen and oxygen atoms in total. The van der Waals surface area contributed by atoms with Crippen LogP contribution in [0.1, 0.15) is 26.3 Å². The smallest absolute Gasteiger partial charge is 0.343 e. The predicted octanol–water partition coefficient (Wildman–Crippen LogP) is 2.70. The van der Waals surface area contributed by atoms with E-state index < -0.39 is 5.97 Å². The molecule has 0 N–H and O–H groups in total. The lowest BCUT2D eigenvalue weighted by atomic mass is 10.1. The van der Waals surface area contributed by atoms with Gasteiger partial charge >= 0.3 is 5.97 Å². The maximum absolute atomic E-state index is 12.3. The number of allylic oxidation sites excluding steroid dienone is 1. The van der Waals surface area contributed by atoms with E-state index in [2.05, 4.69) is 4.74 Å². The van der Waals surface area contributed by atoms with Crippen molar-refractivity contribution in [2.24, 2.45) is 0 Å². The normalized spacial score (nSPS) is 12.8. The first-order chi connectivity index (χ1) is 11.6. The molecule has 24 heavy (non-hydrogen) atoms. The first-order valence-electron chi connectivity index (χ1n) is 7.30. The largest absolute Gasteiger partial charge is 0.482 e. The summed E-state index contributed by atoms with van der Waals surface area (Å²) < 4.78 is 9.74. The summed E-state index contributed by atoms with van der Waals surface area (Å²) in [6, 6.07) is 13.5. The number of rotatable bonds is 4. The van der Waals surface area contributed by atoms with Crippen LogP contribution in [0, 0.1) is 0 Å². The molecule has 0 bridgehead atoms. The lowest BCUT2D eigenvalue weighted by Crippen LogP contribution is -2.12. The second kappa shape index (κ2) is 6.50. The monoisotopic (exact) mass is 322 g/mol. The van der Waals surface area contributed by atoms with Gasteiger partial charge < -0.3 is 9.47 Å². The molecular formula is C19H14O5. The highest BCUT2D eigenvalue weighted by atomic mass is 16.6. The topological polar surface area (TPSA) is 69.7 Å². The van der Waals surface area contributed by atoms with E-state index in [0.717, 1.165) is 0 Å². The van der Waals surface area contributed by atoms with Gasteiger partial charge in [0.2, 0.25) is 0 Å². The molecule has 0 saturated carbocycles. The molecule has 5 heteroatoms. The minimum Gasteiger partial charge on any atom is -0.482 e. The second-order valence-corrected chi connectivity index (χ2v) is 5.20. The maximum Gasteiger partial charge on any atom is 0.343 e. The van der Waals surface area contributed by atoms with Crippen LogP contribution in [0.4, 0.5) is 0 Å². The molecule has 0 radical (unpaired) electrons. The highest BCUT2D eigenvalue weighted by Crippen LogP contribution is 2.28. The summed E-state index contributed by atoms with van der Waals surface area (Å²) in [7, 11) is 1.29. The Hall–Kier alpha value is -3.21. The number of esters is 1. The molecule has 2 aromatic rings. The molecule has 0 amide bonds. The molecule has 0 spiro atoms. The van der Waals surface area contributed by atoms with E-state index in [9.17, 15) is 14.4 Å². The van der Waals surface area contributed by atoms with Gasteiger partial charge in [-0.3, -0.25) is 9.59 Å². The highest BCUT2D eigenvalue weighted by Gasteiger charge is 2.32. The Labute approximate surface area is 138 Å². The standard InChI is InChI=1S/C19H14O5/c1-23-17(20)11-24-13-8-6-12(7-9-13)10-16-18(21)14-4-2-3-5-15(14)19(16)22/h2-10H,11H2,1H3. The zero-order valence-corrected chi connectivity index (χ0v) is 12.9. The number of Topliss-reactive ketones (excluding diaryl/α,β-unsaturated/α-hetero) is 2. The van der Waals surface area contributed by atoms with Gasteiger partial charge in [-0.05, 0) is 23.8 Å². The van der Waals surface area contributed by atoms with Crippen LogP contribution in [0.25, 0.3) is 6.08 Å². The van der Waals surface area contributed by atoms with Crippen molar-refractivity contribution in [3.63, 3.8) is 0 Å². The van der Waals surface area contributed by atoms with Crippen molar-refractivity contribution in [3.8, 4) is 5.75 Å². The predicted molar refractivity (Wildman–Crippen MR) is 87.0 cm³/mol. The minimum absolute atomic E-state index is 0.152. The van der Waals surface area contributed by atoms with Crippen molar-refractivity contribution in [1.29, 1.82) is 0 Å². The highest BCUT2D eigenvalue weighted by molar-refractivity contribution is 6.41. The van der Waals surface area contributed by atoms with E-state index in [-0.39, 0.29) is 23.7 Å². The summed E-state index contributed by atoms with van der Waals surface area (Å²) in [5.41, 5.74) is 1.72. The Morgan fingerprint density at radius 3 is 2.08 bits per heavy atom. The molecule has 0 aromatic heterocycles.